The zero-order valence-corrected chi connectivity index (χ0v) is 18.2. The maximum absolute atomic E-state index is 8.98. The van der Waals surface area contributed by atoms with E-state index >= 15 is 0 Å². The second kappa shape index (κ2) is 11.2. The Morgan fingerprint density at radius 1 is 0.964 bits per heavy atom. The molecule has 4 aromatic rings. The minimum absolute atomic E-state index is 0. The van der Waals surface area contributed by atoms with Gasteiger partial charge in [-0.15, -0.1) is 5.10 Å². The van der Waals surface area contributed by atoms with E-state index in [1.54, 1.807) is 4.68 Å². The molecule has 0 amide bonds. The summed E-state index contributed by atoms with van der Waals surface area (Å²) in [7, 11) is 0. The summed E-state index contributed by atoms with van der Waals surface area (Å²) < 4.78 is 1.79. The number of rotatable bonds is 6. The normalized spacial score (nSPS) is 10.7. The van der Waals surface area contributed by atoms with Crippen LogP contribution >= 0.6 is 0 Å². The van der Waals surface area contributed by atoms with E-state index in [1.165, 1.54) is 0 Å². The van der Waals surface area contributed by atoms with E-state index in [0.29, 0.717) is 19.8 Å². The quantitative estimate of drug-likeness (QED) is 0.411. The number of aryl methyl sites for hydroxylation is 1. The first-order chi connectivity index (χ1) is 13.2. The van der Waals surface area contributed by atoms with Crippen LogP contribution in [0, 0.1) is 6.92 Å². The van der Waals surface area contributed by atoms with Crippen LogP contribution in [-0.4, -0.2) is 101 Å². The Morgan fingerprint density at radius 2 is 1.61 bits per heavy atom. The smallest absolute Gasteiger partial charge is 0.116 e. The van der Waals surface area contributed by atoms with Gasteiger partial charge in [-0.05, 0) is 30.7 Å². The van der Waals surface area contributed by atoms with Crippen LogP contribution in [0.3, 0.4) is 0 Å². The molecule has 0 spiro atoms. The van der Waals surface area contributed by atoms with Crippen LogP contribution in [0.2, 0.25) is 0 Å². The molecular formula is C18H23N7NaO2. The van der Waals surface area contributed by atoms with Gasteiger partial charge in [0, 0.05) is 42.6 Å². The van der Waals surface area contributed by atoms with Gasteiger partial charge in [0.15, 0.2) is 0 Å². The number of nitrogens with one attached hydrogen (secondary N) is 1. The van der Waals surface area contributed by atoms with Crippen molar-refractivity contribution in [3.05, 3.63) is 48.0 Å². The van der Waals surface area contributed by atoms with Gasteiger partial charge in [0.05, 0.1) is 25.4 Å². The number of fused-ring (bicyclic) bond motifs is 2. The van der Waals surface area contributed by atoms with Crippen LogP contribution in [0.15, 0.2) is 42.5 Å². The van der Waals surface area contributed by atoms with Crippen LogP contribution in [0.1, 0.15) is 5.56 Å². The van der Waals surface area contributed by atoms with E-state index < -0.39 is 0 Å². The van der Waals surface area contributed by atoms with Crippen LogP contribution < -0.4 is 0 Å². The second-order valence-electron chi connectivity index (χ2n) is 6.05. The van der Waals surface area contributed by atoms with Gasteiger partial charge in [0.25, 0.3) is 0 Å². The van der Waals surface area contributed by atoms with E-state index in [9.17, 15) is 0 Å². The summed E-state index contributed by atoms with van der Waals surface area (Å²) in [5.74, 6) is 0. The third kappa shape index (κ3) is 5.57. The SMILES string of the molecule is Cc1cccc2c1nnn2CN(CCO)CCO.[Na].c1ccc2n[nH]nc2c1. The molecule has 10 heteroatoms. The molecule has 2 aromatic heterocycles. The molecule has 3 N–H and O–H groups in total. The van der Waals surface area contributed by atoms with Crippen LogP contribution in [0.4, 0.5) is 0 Å². The van der Waals surface area contributed by atoms with Gasteiger partial charge in [-0.25, -0.2) is 4.68 Å². The molecular weight excluding hydrogens is 369 g/mol. The Bertz CT molecular complexity index is 952. The fourth-order valence-electron chi connectivity index (χ4n) is 2.74. The molecule has 0 aliphatic rings. The molecule has 28 heavy (non-hydrogen) atoms. The Hall–Kier alpha value is -1.88. The number of benzene rings is 2. The van der Waals surface area contributed by atoms with E-state index in [0.717, 1.165) is 27.6 Å². The van der Waals surface area contributed by atoms with E-state index in [2.05, 4.69) is 25.7 Å². The average molecular weight is 392 g/mol. The number of aliphatic hydroxyl groups excluding tert-OH is 2. The molecule has 2 heterocycles. The molecule has 1 radical (unpaired) electrons. The predicted octanol–water partition coefficient (Wildman–Crippen LogP) is 0.561. The zero-order valence-electron chi connectivity index (χ0n) is 16.2. The fourth-order valence-corrected chi connectivity index (χ4v) is 2.74. The maximum atomic E-state index is 8.98. The van der Waals surface area contributed by atoms with Gasteiger partial charge in [-0.3, -0.25) is 4.90 Å². The molecule has 9 nitrogen and oxygen atoms in total. The molecule has 0 aliphatic heterocycles. The summed E-state index contributed by atoms with van der Waals surface area (Å²) >= 11 is 0. The van der Waals surface area contributed by atoms with Crippen LogP contribution in [0.25, 0.3) is 22.1 Å². The Balaban J connectivity index is 0.000000235. The van der Waals surface area contributed by atoms with Crippen LogP contribution in [-0.2, 0) is 6.67 Å². The third-order valence-corrected chi connectivity index (χ3v) is 4.14. The fraction of sp³-hybridized carbons (Fsp3) is 0.333. The van der Waals surface area contributed by atoms with Gasteiger partial charge in [0.2, 0.25) is 0 Å². The molecule has 2 aromatic carbocycles. The van der Waals surface area contributed by atoms with Crippen molar-refractivity contribution in [1.29, 1.82) is 0 Å². The minimum Gasteiger partial charge on any atom is -0.395 e. The second-order valence-corrected chi connectivity index (χ2v) is 6.05. The zero-order chi connectivity index (χ0) is 19.1. The molecule has 0 atom stereocenters. The predicted molar refractivity (Wildman–Crippen MR) is 108 cm³/mol. The van der Waals surface area contributed by atoms with Crippen LogP contribution in [0.5, 0.6) is 0 Å². The first-order valence-electron chi connectivity index (χ1n) is 8.71. The van der Waals surface area contributed by atoms with E-state index in [4.69, 9.17) is 10.2 Å². The van der Waals surface area contributed by atoms with Gasteiger partial charge in [0.1, 0.15) is 16.6 Å². The topological polar surface area (TPSA) is 116 Å². The number of hydrogen-bond acceptors (Lipinski definition) is 7. The largest absolute Gasteiger partial charge is 0.395 e. The summed E-state index contributed by atoms with van der Waals surface area (Å²) in [6.07, 6.45) is 0. The van der Waals surface area contributed by atoms with Crippen molar-refractivity contribution < 1.29 is 10.2 Å². The maximum Gasteiger partial charge on any atom is 0.116 e. The summed E-state index contributed by atoms with van der Waals surface area (Å²) in [6.45, 7) is 3.65. The number of H-pyrrole nitrogens is 1. The van der Waals surface area contributed by atoms with Crippen molar-refractivity contribution >= 4 is 51.6 Å². The molecule has 143 valence electrons. The Labute approximate surface area is 184 Å². The first kappa shape index (κ1) is 22.4. The summed E-state index contributed by atoms with van der Waals surface area (Å²) in [5.41, 5.74) is 4.78. The van der Waals surface area contributed by atoms with Gasteiger partial charge >= 0.3 is 0 Å². The molecule has 0 aliphatic carbocycles. The van der Waals surface area contributed by atoms with Crippen molar-refractivity contribution in [1.82, 2.24) is 35.3 Å². The van der Waals surface area contributed by atoms with Crippen molar-refractivity contribution in [3.8, 4) is 0 Å². The number of aliphatic hydroxyl groups is 2. The van der Waals surface area contributed by atoms with Gasteiger partial charge < -0.3 is 10.2 Å². The number of hydrogen-bond donors (Lipinski definition) is 3. The molecule has 0 unspecified atom stereocenters. The van der Waals surface area contributed by atoms with Crippen molar-refractivity contribution in [2.45, 2.75) is 13.6 Å². The van der Waals surface area contributed by atoms with Gasteiger partial charge in [-0.1, -0.05) is 29.5 Å². The Morgan fingerprint density at radius 3 is 2.21 bits per heavy atom. The summed E-state index contributed by atoms with van der Waals surface area (Å²) in [6, 6.07) is 13.6. The van der Waals surface area contributed by atoms with Gasteiger partial charge in [-0.2, -0.15) is 15.4 Å². The van der Waals surface area contributed by atoms with Crippen molar-refractivity contribution in [3.63, 3.8) is 0 Å². The third-order valence-electron chi connectivity index (χ3n) is 4.14. The molecule has 0 fully saturated rings. The molecule has 0 saturated carbocycles. The van der Waals surface area contributed by atoms with Crippen molar-refractivity contribution in [2.24, 2.45) is 0 Å². The first-order valence-corrected chi connectivity index (χ1v) is 8.71. The molecule has 0 saturated heterocycles. The summed E-state index contributed by atoms with van der Waals surface area (Å²) in [4.78, 5) is 1.93. The number of nitrogens with zero attached hydrogens (tertiary/aromatic N) is 6. The van der Waals surface area contributed by atoms with E-state index in [-0.39, 0.29) is 42.8 Å². The Kier molecular flexibility index (Phi) is 8.97. The molecule has 4 rings (SSSR count). The number of para-hydroxylation sites is 2. The van der Waals surface area contributed by atoms with Crippen molar-refractivity contribution in [2.75, 3.05) is 26.3 Å². The average Bonchev–Trinajstić information content (AvgIpc) is 3.31. The standard InChI is InChI=1S/C12H18N4O2.C6H5N3.Na/c1-10-3-2-4-11-12(10)13-14-16(11)9-15(5-7-17)6-8-18;1-2-4-6-5(3-1)7-9-8-6;/h2-4,17-18H,5-9H2,1H3;1-4H,(H,7,8,9);. The number of aromatic amines is 1. The molecule has 0 bridgehead atoms. The monoisotopic (exact) mass is 392 g/mol. The van der Waals surface area contributed by atoms with E-state index in [1.807, 2.05) is 54.3 Å². The minimum atomic E-state index is 0. The summed E-state index contributed by atoms with van der Waals surface area (Å²) in [5, 5.41) is 36.5. The number of aromatic nitrogens is 6.